The lowest BCUT2D eigenvalue weighted by molar-refractivity contribution is -0.178. The van der Waals surface area contributed by atoms with Crippen molar-refractivity contribution in [2.75, 3.05) is 20.3 Å². The Balaban J connectivity index is 1.84. The molecule has 0 radical (unpaired) electrons. The van der Waals surface area contributed by atoms with E-state index < -0.39 is 12.1 Å². The fourth-order valence-corrected chi connectivity index (χ4v) is 3.49. The number of morpholine rings is 1. The number of carboxylic acids is 1. The summed E-state index contributed by atoms with van der Waals surface area (Å²) in [6, 6.07) is 5.53. The second kappa shape index (κ2) is 6.07. The van der Waals surface area contributed by atoms with Crippen molar-refractivity contribution in [3.05, 3.63) is 28.8 Å². The minimum absolute atomic E-state index is 0.0285. The summed E-state index contributed by atoms with van der Waals surface area (Å²) >= 11 is 6.10. The van der Waals surface area contributed by atoms with Gasteiger partial charge in [0.1, 0.15) is 5.75 Å². The highest BCUT2D eigenvalue weighted by Crippen LogP contribution is 2.42. The molecule has 5 nitrogen and oxygen atoms in total. The summed E-state index contributed by atoms with van der Waals surface area (Å²) in [7, 11) is 1.63. The molecule has 1 spiro atoms. The predicted molar refractivity (Wildman–Crippen MR) is 82.4 cm³/mol. The largest absolute Gasteiger partial charge is 0.496 e. The van der Waals surface area contributed by atoms with Crippen LogP contribution in [0.4, 0.5) is 0 Å². The Morgan fingerprint density at radius 1 is 1.55 bits per heavy atom. The molecule has 0 aromatic heterocycles. The van der Waals surface area contributed by atoms with Crippen LogP contribution in [-0.2, 0) is 16.1 Å². The van der Waals surface area contributed by atoms with E-state index >= 15 is 0 Å². The maximum Gasteiger partial charge on any atom is 0.334 e. The number of carbonyl (C=O) groups is 1. The summed E-state index contributed by atoms with van der Waals surface area (Å²) in [5.41, 5.74) is 0.951. The minimum atomic E-state index is -0.905. The molecule has 1 unspecified atom stereocenters. The van der Waals surface area contributed by atoms with Gasteiger partial charge in [0.2, 0.25) is 0 Å². The van der Waals surface area contributed by atoms with E-state index in [1.165, 1.54) is 0 Å². The van der Waals surface area contributed by atoms with Crippen LogP contribution in [0.2, 0.25) is 5.02 Å². The van der Waals surface area contributed by atoms with Gasteiger partial charge in [-0.2, -0.15) is 0 Å². The number of carboxylic acid groups (broad SMARTS) is 1. The maximum absolute atomic E-state index is 11.2. The van der Waals surface area contributed by atoms with Crippen LogP contribution in [0.25, 0.3) is 0 Å². The van der Waals surface area contributed by atoms with E-state index in [4.69, 9.17) is 21.1 Å². The molecule has 1 aromatic rings. The van der Waals surface area contributed by atoms with Gasteiger partial charge in [0.05, 0.1) is 13.7 Å². The van der Waals surface area contributed by atoms with Crippen molar-refractivity contribution in [3.8, 4) is 5.75 Å². The van der Waals surface area contributed by atoms with Crippen LogP contribution in [0.5, 0.6) is 5.75 Å². The molecule has 1 saturated heterocycles. The van der Waals surface area contributed by atoms with Gasteiger partial charge < -0.3 is 14.6 Å². The first-order chi connectivity index (χ1) is 10.5. The number of methoxy groups -OCH3 is 1. The average Bonchev–Trinajstić information content (AvgIpc) is 2.45. The first kappa shape index (κ1) is 15.6. The summed E-state index contributed by atoms with van der Waals surface area (Å²) in [6.07, 6.45) is 2.48. The zero-order chi connectivity index (χ0) is 15.7. The normalized spacial score (nSPS) is 24.0. The Hall–Kier alpha value is -1.30. The topological polar surface area (TPSA) is 59.0 Å². The van der Waals surface area contributed by atoms with Crippen molar-refractivity contribution in [1.29, 1.82) is 0 Å². The van der Waals surface area contributed by atoms with Crippen molar-refractivity contribution in [2.24, 2.45) is 0 Å². The van der Waals surface area contributed by atoms with Gasteiger partial charge in [0, 0.05) is 29.2 Å². The molecule has 1 aliphatic heterocycles. The molecule has 120 valence electrons. The zero-order valence-corrected chi connectivity index (χ0v) is 13.3. The SMILES string of the molecule is COc1ccc(Cl)cc1CN1CC(C(=O)O)OCC12CCC2. The summed E-state index contributed by atoms with van der Waals surface area (Å²) in [5.74, 6) is -0.130. The third-order valence-electron chi connectivity index (χ3n) is 4.77. The van der Waals surface area contributed by atoms with E-state index in [1.54, 1.807) is 13.2 Å². The number of hydrogen-bond acceptors (Lipinski definition) is 4. The second-order valence-corrected chi connectivity index (χ2v) is 6.49. The first-order valence-electron chi connectivity index (χ1n) is 7.46. The molecular weight excluding hydrogens is 306 g/mol. The van der Waals surface area contributed by atoms with Crippen molar-refractivity contribution in [3.63, 3.8) is 0 Å². The van der Waals surface area contributed by atoms with Crippen LogP contribution in [0, 0.1) is 0 Å². The van der Waals surface area contributed by atoms with E-state index in [-0.39, 0.29) is 5.54 Å². The molecule has 1 heterocycles. The number of benzene rings is 1. The highest BCUT2D eigenvalue weighted by molar-refractivity contribution is 6.30. The standard InChI is InChI=1S/C16H20ClNO4/c1-21-13-4-3-12(17)7-11(13)8-18-9-14(15(19)20)22-10-16(18)5-2-6-16/h3-4,7,14H,2,5-6,8-10H2,1H3,(H,19,20). The Bertz CT molecular complexity index is 573. The van der Waals surface area contributed by atoms with Gasteiger partial charge in [-0.05, 0) is 37.5 Å². The van der Waals surface area contributed by atoms with E-state index in [0.717, 1.165) is 30.6 Å². The Labute approximate surface area is 134 Å². The third kappa shape index (κ3) is 2.81. The Kier molecular flexibility index (Phi) is 4.30. The zero-order valence-electron chi connectivity index (χ0n) is 12.5. The first-order valence-corrected chi connectivity index (χ1v) is 7.84. The number of nitrogens with zero attached hydrogens (tertiary/aromatic N) is 1. The van der Waals surface area contributed by atoms with E-state index in [0.29, 0.717) is 24.7 Å². The quantitative estimate of drug-likeness (QED) is 0.922. The molecule has 1 aromatic carbocycles. The molecular formula is C16H20ClNO4. The third-order valence-corrected chi connectivity index (χ3v) is 5.01. The van der Waals surface area contributed by atoms with E-state index in [2.05, 4.69) is 4.90 Å². The monoisotopic (exact) mass is 325 g/mol. The molecule has 2 fully saturated rings. The molecule has 1 atom stereocenters. The highest BCUT2D eigenvalue weighted by Gasteiger charge is 2.48. The maximum atomic E-state index is 11.2. The van der Waals surface area contributed by atoms with Crippen molar-refractivity contribution in [1.82, 2.24) is 4.90 Å². The lowest BCUT2D eigenvalue weighted by Crippen LogP contribution is -2.63. The number of aliphatic carboxylic acids is 1. The van der Waals surface area contributed by atoms with Gasteiger partial charge in [0.25, 0.3) is 0 Å². The molecule has 1 saturated carbocycles. The molecule has 22 heavy (non-hydrogen) atoms. The average molecular weight is 326 g/mol. The van der Waals surface area contributed by atoms with Gasteiger partial charge >= 0.3 is 5.97 Å². The molecule has 0 amide bonds. The van der Waals surface area contributed by atoms with E-state index in [9.17, 15) is 9.90 Å². The molecule has 0 bridgehead atoms. The fourth-order valence-electron chi connectivity index (χ4n) is 3.30. The molecule has 3 rings (SSSR count). The molecule has 1 N–H and O–H groups in total. The van der Waals surface area contributed by atoms with Gasteiger partial charge in [-0.1, -0.05) is 11.6 Å². The highest BCUT2D eigenvalue weighted by atomic mass is 35.5. The summed E-state index contributed by atoms with van der Waals surface area (Å²) in [4.78, 5) is 13.5. The van der Waals surface area contributed by atoms with Gasteiger partial charge in [-0.3, -0.25) is 4.90 Å². The summed E-state index contributed by atoms with van der Waals surface area (Å²) in [6.45, 7) is 1.49. The van der Waals surface area contributed by atoms with Gasteiger partial charge in [-0.15, -0.1) is 0 Å². The lowest BCUT2D eigenvalue weighted by atomic mass is 9.74. The van der Waals surface area contributed by atoms with Crippen molar-refractivity contribution in [2.45, 2.75) is 37.5 Å². The van der Waals surface area contributed by atoms with Gasteiger partial charge in [0.15, 0.2) is 6.10 Å². The van der Waals surface area contributed by atoms with Gasteiger partial charge in [-0.25, -0.2) is 4.79 Å². The second-order valence-electron chi connectivity index (χ2n) is 6.05. The lowest BCUT2D eigenvalue weighted by Gasteiger charge is -2.54. The van der Waals surface area contributed by atoms with Crippen LogP contribution < -0.4 is 4.74 Å². The Morgan fingerprint density at radius 2 is 2.32 bits per heavy atom. The molecule has 2 aliphatic rings. The van der Waals surface area contributed by atoms with Crippen molar-refractivity contribution < 1.29 is 19.4 Å². The fraction of sp³-hybridized carbons (Fsp3) is 0.562. The van der Waals surface area contributed by atoms with Crippen LogP contribution in [0.15, 0.2) is 18.2 Å². The van der Waals surface area contributed by atoms with Crippen LogP contribution in [-0.4, -0.2) is 47.9 Å². The minimum Gasteiger partial charge on any atom is -0.496 e. The number of ether oxygens (including phenoxy) is 2. The number of rotatable bonds is 4. The Morgan fingerprint density at radius 3 is 2.91 bits per heavy atom. The van der Waals surface area contributed by atoms with Crippen LogP contribution >= 0.6 is 11.6 Å². The van der Waals surface area contributed by atoms with Crippen molar-refractivity contribution >= 4 is 17.6 Å². The molecule has 1 aliphatic carbocycles. The molecule has 6 heteroatoms. The van der Waals surface area contributed by atoms with Crippen LogP contribution in [0.3, 0.4) is 0 Å². The smallest absolute Gasteiger partial charge is 0.334 e. The van der Waals surface area contributed by atoms with E-state index in [1.807, 2.05) is 12.1 Å². The number of halogens is 1. The number of hydrogen-bond donors (Lipinski definition) is 1. The summed E-state index contributed by atoms with van der Waals surface area (Å²) < 4.78 is 10.9. The van der Waals surface area contributed by atoms with Crippen LogP contribution in [0.1, 0.15) is 24.8 Å². The summed E-state index contributed by atoms with van der Waals surface area (Å²) in [5, 5.41) is 9.88. The predicted octanol–water partition coefficient (Wildman–Crippen LogP) is 2.56.